The van der Waals surface area contributed by atoms with E-state index in [2.05, 4.69) is 15.3 Å². The second kappa shape index (κ2) is 11.2. The summed E-state index contributed by atoms with van der Waals surface area (Å²) >= 11 is 0. The third-order valence-electron chi connectivity index (χ3n) is 7.05. The van der Waals surface area contributed by atoms with Gasteiger partial charge in [0.1, 0.15) is 16.9 Å². The molecule has 0 unspecified atom stereocenters. The van der Waals surface area contributed by atoms with Crippen LogP contribution in [0.4, 0.5) is 13.2 Å². The standard InChI is InChI=1S/C30H28F3N5O3/c1-2-3-13-38-25(28(30(31,32)33)34-29(38)22-7-5-4-6-8-22)18-37(16-20-9-11-23-24(14-20)36-41-35-23)17-21-10-12-26-27(15-21)40-19-39-26/h4-12,14-15H,2-3,13,16-19H2,1H3. The molecule has 6 rings (SSSR count). The predicted octanol–water partition coefficient (Wildman–Crippen LogP) is 6.84. The maximum Gasteiger partial charge on any atom is 0.435 e. The molecule has 0 saturated carbocycles. The largest absolute Gasteiger partial charge is 0.454 e. The summed E-state index contributed by atoms with van der Waals surface area (Å²) in [6, 6.07) is 20.1. The highest BCUT2D eigenvalue weighted by Gasteiger charge is 2.39. The summed E-state index contributed by atoms with van der Waals surface area (Å²) in [5.41, 5.74) is 2.86. The molecule has 0 radical (unpaired) electrons. The summed E-state index contributed by atoms with van der Waals surface area (Å²) < 4.78 is 61.1. The highest BCUT2D eigenvalue weighted by Crippen LogP contribution is 2.37. The van der Waals surface area contributed by atoms with Gasteiger partial charge in [-0.15, -0.1) is 0 Å². The van der Waals surface area contributed by atoms with Crippen LogP contribution in [-0.2, 0) is 32.4 Å². The first kappa shape index (κ1) is 26.8. The summed E-state index contributed by atoms with van der Waals surface area (Å²) in [5.74, 6) is 1.58. The van der Waals surface area contributed by atoms with Gasteiger partial charge in [0, 0.05) is 31.7 Å². The lowest BCUT2D eigenvalue weighted by molar-refractivity contribution is -0.141. The number of imidazole rings is 1. The lowest BCUT2D eigenvalue weighted by atomic mass is 10.1. The number of hydrogen-bond acceptors (Lipinski definition) is 7. The van der Waals surface area contributed by atoms with Gasteiger partial charge in [0.05, 0.1) is 5.69 Å². The molecule has 5 aromatic rings. The SMILES string of the molecule is CCCCn1c(-c2ccccc2)nc(C(F)(F)F)c1CN(Cc1ccc2c(c1)OCO2)Cc1ccc2nonc2c1. The monoisotopic (exact) mass is 563 g/mol. The Morgan fingerprint density at radius 3 is 2.37 bits per heavy atom. The van der Waals surface area contributed by atoms with E-state index in [1.54, 1.807) is 22.8 Å². The molecule has 1 aliphatic heterocycles. The van der Waals surface area contributed by atoms with E-state index in [9.17, 15) is 13.2 Å². The van der Waals surface area contributed by atoms with E-state index in [1.807, 2.05) is 60.4 Å². The van der Waals surface area contributed by atoms with Crippen molar-refractivity contribution in [1.29, 1.82) is 0 Å². The molecule has 3 heterocycles. The van der Waals surface area contributed by atoms with E-state index in [0.29, 0.717) is 53.6 Å². The molecule has 0 bridgehead atoms. The number of hydrogen-bond donors (Lipinski definition) is 0. The number of fused-ring (bicyclic) bond motifs is 2. The van der Waals surface area contributed by atoms with Crippen LogP contribution in [-0.4, -0.2) is 31.6 Å². The van der Waals surface area contributed by atoms with E-state index >= 15 is 0 Å². The topological polar surface area (TPSA) is 78.4 Å². The molecule has 0 aliphatic carbocycles. The summed E-state index contributed by atoms with van der Waals surface area (Å²) in [6.45, 7) is 3.32. The molecule has 0 amide bonds. The zero-order valence-corrected chi connectivity index (χ0v) is 22.4. The molecule has 2 aromatic heterocycles. The van der Waals surface area contributed by atoms with Gasteiger partial charge < -0.3 is 14.0 Å². The fraction of sp³-hybridized carbons (Fsp3) is 0.300. The fourth-order valence-corrected chi connectivity index (χ4v) is 5.10. The van der Waals surface area contributed by atoms with Gasteiger partial charge in [-0.25, -0.2) is 9.61 Å². The Labute approximate surface area is 234 Å². The molecule has 0 fully saturated rings. The van der Waals surface area contributed by atoms with Gasteiger partial charge in [-0.3, -0.25) is 4.90 Å². The second-order valence-corrected chi connectivity index (χ2v) is 10.0. The van der Waals surface area contributed by atoms with E-state index in [0.717, 1.165) is 24.0 Å². The zero-order valence-electron chi connectivity index (χ0n) is 22.4. The Balaban J connectivity index is 1.42. The van der Waals surface area contributed by atoms with Crippen molar-refractivity contribution in [1.82, 2.24) is 24.8 Å². The van der Waals surface area contributed by atoms with Crippen LogP contribution in [0.2, 0.25) is 0 Å². The van der Waals surface area contributed by atoms with Crippen molar-refractivity contribution in [3.63, 3.8) is 0 Å². The number of unbranched alkanes of at least 4 members (excludes halogenated alkanes) is 1. The van der Waals surface area contributed by atoms with Crippen molar-refractivity contribution in [2.45, 2.75) is 52.1 Å². The van der Waals surface area contributed by atoms with Gasteiger partial charge in [0.25, 0.3) is 0 Å². The lowest BCUT2D eigenvalue weighted by Gasteiger charge is -2.25. The fourth-order valence-electron chi connectivity index (χ4n) is 5.10. The van der Waals surface area contributed by atoms with Crippen LogP contribution in [0.15, 0.2) is 71.4 Å². The van der Waals surface area contributed by atoms with Gasteiger partial charge in [-0.05, 0) is 52.1 Å². The Kier molecular flexibility index (Phi) is 7.36. The Morgan fingerprint density at radius 1 is 0.854 bits per heavy atom. The van der Waals surface area contributed by atoms with Crippen molar-refractivity contribution in [2.75, 3.05) is 6.79 Å². The van der Waals surface area contributed by atoms with Gasteiger partial charge in [0.2, 0.25) is 6.79 Å². The highest BCUT2D eigenvalue weighted by molar-refractivity contribution is 5.73. The molecule has 3 aromatic carbocycles. The lowest BCUT2D eigenvalue weighted by Crippen LogP contribution is -2.26. The van der Waals surface area contributed by atoms with E-state index in [4.69, 9.17) is 14.1 Å². The molecule has 8 nitrogen and oxygen atoms in total. The minimum atomic E-state index is -4.62. The predicted molar refractivity (Wildman–Crippen MR) is 145 cm³/mol. The third-order valence-corrected chi connectivity index (χ3v) is 7.05. The highest BCUT2D eigenvalue weighted by atomic mass is 19.4. The average Bonchev–Trinajstić information content (AvgIpc) is 3.70. The Morgan fingerprint density at radius 2 is 1.59 bits per heavy atom. The molecular formula is C30H28F3N5O3. The molecule has 0 atom stereocenters. The number of aromatic nitrogens is 4. The number of benzene rings is 3. The van der Waals surface area contributed by atoms with Crippen LogP contribution < -0.4 is 9.47 Å². The maximum atomic E-state index is 14.5. The molecule has 1 aliphatic rings. The van der Waals surface area contributed by atoms with E-state index in [-0.39, 0.29) is 19.0 Å². The van der Waals surface area contributed by atoms with Gasteiger partial charge in [0.15, 0.2) is 17.2 Å². The Hall–Kier alpha value is -4.38. The maximum absolute atomic E-state index is 14.5. The summed E-state index contributed by atoms with van der Waals surface area (Å²) in [5, 5.41) is 7.78. The number of ether oxygens (including phenoxy) is 2. The van der Waals surface area contributed by atoms with Crippen LogP contribution in [0.3, 0.4) is 0 Å². The molecule has 0 N–H and O–H groups in total. The van der Waals surface area contributed by atoms with Crippen LogP contribution >= 0.6 is 0 Å². The molecule has 41 heavy (non-hydrogen) atoms. The van der Waals surface area contributed by atoms with E-state index < -0.39 is 11.9 Å². The third kappa shape index (κ3) is 5.76. The first-order chi connectivity index (χ1) is 19.9. The normalized spacial score (nSPS) is 13.0. The smallest absolute Gasteiger partial charge is 0.435 e. The van der Waals surface area contributed by atoms with Crippen LogP contribution in [0.5, 0.6) is 11.5 Å². The average molecular weight is 564 g/mol. The molecule has 0 saturated heterocycles. The van der Waals surface area contributed by atoms with Gasteiger partial charge >= 0.3 is 6.18 Å². The van der Waals surface area contributed by atoms with Crippen molar-refractivity contribution in [2.24, 2.45) is 0 Å². The summed E-state index contributed by atoms with van der Waals surface area (Å²) in [6.07, 6.45) is -3.07. The summed E-state index contributed by atoms with van der Waals surface area (Å²) in [4.78, 5) is 6.16. The number of nitrogens with zero attached hydrogens (tertiary/aromatic N) is 5. The summed E-state index contributed by atoms with van der Waals surface area (Å²) in [7, 11) is 0. The minimum absolute atomic E-state index is 0.0158. The molecular weight excluding hydrogens is 535 g/mol. The van der Waals surface area contributed by atoms with Crippen molar-refractivity contribution in [3.05, 3.63) is 89.2 Å². The van der Waals surface area contributed by atoms with Crippen LogP contribution in [0.1, 0.15) is 42.3 Å². The van der Waals surface area contributed by atoms with Crippen LogP contribution in [0.25, 0.3) is 22.4 Å². The molecule has 212 valence electrons. The number of alkyl halides is 3. The van der Waals surface area contributed by atoms with Gasteiger partial charge in [-0.1, -0.05) is 55.8 Å². The van der Waals surface area contributed by atoms with Gasteiger partial charge in [-0.2, -0.15) is 13.2 Å². The van der Waals surface area contributed by atoms with Crippen molar-refractivity contribution >= 4 is 11.0 Å². The first-order valence-electron chi connectivity index (χ1n) is 13.4. The minimum Gasteiger partial charge on any atom is -0.454 e. The number of halogens is 3. The van der Waals surface area contributed by atoms with Crippen molar-refractivity contribution < 1.29 is 27.3 Å². The zero-order chi connectivity index (χ0) is 28.4. The molecule has 11 heteroatoms. The number of rotatable bonds is 10. The Bertz CT molecular complexity index is 1650. The van der Waals surface area contributed by atoms with Crippen molar-refractivity contribution in [3.8, 4) is 22.9 Å². The van der Waals surface area contributed by atoms with E-state index in [1.165, 1.54) is 0 Å². The first-order valence-corrected chi connectivity index (χ1v) is 13.4. The quantitative estimate of drug-likeness (QED) is 0.184. The van der Waals surface area contributed by atoms with Crippen LogP contribution in [0, 0.1) is 0 Å². The molecule has 0 spiro atoms. The second-order valence-electron chi connectivity index (χ2n) is 10.0.